The monoisotopic (exact) mass is 620 g/mol. The third kappa shape index (κ3) is 6.49. The third-order valence-corrected chi connectivity index (χ3v) is 8.50. The zero-order chi connectivity index (χ0) is 30.2. The van der Waals surface area contributed by atoms with Gasteiger partial charge in [-0.3, -0.25) is 4.79 Å². The molecule has 5 rings (SSSR count). The molecular formula is C34H31Cl3N2O3. The van der Waals surface area contributed by atoms with E-state index in [0.29, 0.717) is 38.6 Å². The highest BCUT2D eigenvalue weighted by Gasteiger charge is 2.36. The van der Waals surface area contributed by atoms with Crippen molar-refractivity contribution in [2.24, 2.45) is 11.3 Å². The molecule has 0 fully saturated rings. The summed E-state index contributed by atoms with van der Waals surface area (Å²) in [4.78, 5) is 32.0. The molecule has 1 heterocycles. The first kappa shape index (κ1) is 30.1. The van der Waals surface area contributed by atoms with Crippen LogP contribution in [-0.4, -0.2) is 23.0 Å². The van der Waals surface area contributed by atoms with Gasteiger partial charge in [0.15, 0.2) is 6.10 Å². The minimum Gasteiger partial charge on any atom is -0.449 e. The number of fused-ring (bicyclic) bond motifs is 2. The minimum atomic E-state index is -1.09. The number of nitrogens with one attached hydrogen (secondary N) is 1. The number of amides is 1. The Balaban J connectivity index is 1.56. The van der Waals surface area contributed by atoms with Crippen LogP contribution in [0.5, 0.6) is 0 Å². The summed E-state index contributed by atoms with van der Waals surface area (Å²) in [6, 6.07) is 20.0. The molecule has 2 atom stereocenters. The van der Waals surface area contributed by atoms with E-state index in [0.717, 1.165) is 28.8 Å². The summed E-state index contributed by atoms with van der Waals surface area (Å²) in [5.74, 6) is -0.836. The molecule has 1 amide bonds. The van der Waals surface area contributed by atoms with Gasteiger partial charge >= 0.3 is 5.97 Å². The fourth-order valence-electron chi connectivity index (χ4n) is 5.23. The van der Waals surface area contributed by atoms with Crippen LogP contribution in [0.2, 0.25) is 15.1 Å². The average molecular weight is 622 g/mol. The van der Waals surface area contributed by atoms with Crippen molar-refractivity contribution < 1.29 is 14.3 Å². The average Bonchev–Trinajstić information content (AvgIpc) is 2.93. The van der Waals surface area contributed by atoms with E-state index in [1.165, 1.54) is 13.0 Å². The smallest absolute Gasteiger partial charge is 0.339 e. The van der Waals surface area contributed by atoms with Crippen LogP contribution in [0.4, 0.5) is 5.69 Å². The number of anilines is 1. The molecule has 0 saturated carbocycles. The Morgan fingerprint density at radius 2 is 1.67 bits per heavy atom. The quantitative estimate of drug-likeness (QED) is 0.225. The Morgan fingerprint density at radius 3 is 2.36 bits per heavy atom. The molecule has 0 aliphatic heterocycles. The molecule has 0 unspecified atom stereocenters. The second-order valence-electron chi connectivity index (χ2n) is 11.7. The van der Waals surface area contributed by atoms with Crippen LogP contribution in [0.25, 0.3) is 22.6 Å². The van der Waals surface area contributed by atoms with Crippen molar-refractivity contribution in [3.63, 3.8) is 0 Å². The predicted molar refractivity (Wildman–Crippen MR) is 172 cm³/mol. The molecule has 4 aromatic rings. The number of benzene rings is 3. The number of rotatable bonds is 5. The number of aromatic nitrogens is 1. The number of para-hydroxylation sites is 1. The summed E-state index contributed by atoms with van der Waals surface area (Å²) >= 11 is 18.3. The molecule has 0 saturated heterocycles. The maximum atomic E-state index is 14.0. The highest BCUT2D eigenvalue weighted by Crippen LogP contribution is 2.45. The molecule has 1 N–H and O–H groups in total. The first-order chi connectivity index (χ1) is 19.9. The number of carbonyl (C=O) groups excluding carboxylic acids is 2. The maximum Gasteiger partial charge on any atom is 0.339 e. The Morgan fingerprint density at radius 1 is 0.976 bits per heavy atom. The fourth-order valence-corrected chi connectivity index (χ4v) is 5.81. The van der Waals surface area contributed by atoms with Gasteiger partial charge in [-0.05, 0) is 90.3 Å². The first-order valence-electron chi connectivity index (χ1n) is 13.8. The lowest BCUT2D eigenvalue weighted by Crippen LogP contribution is -2.32. The Bertz CT molecular complexity index is 1710. The van der Waals surface area contributed by atoms with E-state index < -0.39 is 18.0 Å². The van der Waals surface area contributed by atoms with Gasteiger partial charge in [0, 0.05) is 15.4 Å². The molecule has 1 aliphatic carbocycles. The predicted octanol–water partition coefficient (Wildman–Crippen LogP) is 9.53. The summed E-state index contributed by atoms with van der Waals surface area (Å²) in [7, 11) is 0. The lowest BCUT2D eigenvalue weighted by molar-refractivity contribution is -0.123. The van der Waals surface area contributed by atoms with Gasteiger partial charge in [0.1, 0.15) is 0 Å². The summed E-state index contributed by atoms with van der Waals surface area (Å²) in [6.07, 6.45) is 2.49. The van der Waals surface area contributed by atoms with Gasteiger partial charge in [0.25, 0.3) is 5.91 Å². The lowest BCUT2D eigenvalue weighted by Gasteiger charge is -2.36. The van der Waals surface area contributed by atoms with E-state index in [2.05, 4.69) is 32.2 Å². The summed E-state index contributed by atoms with van der Waals surface area (Å²) in [6.45, 7) is 8.17. The molecular weight excluding hydrogens is 591 g/mol. The van der Waals surface area contributed by atoms with Crippen LogP contribution in [0.3, 0.4) is 0 Å². The van der Waals surface area contributed by atoms with Crippen LogP contribution in [-0.2, 0) is 16.0 Å². The van der Waals surface area contributed by atoms with Gasteiger partial charge in [-0.2, -0.15) is 0 Å². The Hall–Kier alpha value is -3.38. The van der Waals surface area contributed by atoms with Crippen molar-refractivity contribution in [1.82, 2.24) is 4.98 Å². The molecule has 8 heteroatoms. The van der Waals surface area contributed by atoms with Crippen molar-refractivity contribution >= 4 is 74.9 Å². The topological polar surface area (TPSA) is 68.3 Å². The summed E-state index contributed by atoms with van der Waals surface area (Å²) in [5, 5.41) is 4.81. The SMILES string of the molecule is C[C@@H](OC(=O)c1c2c(nc3ccccc13)/C(=C\c1ccc(Cl)cc1)C[C@H](C(C)(C)C)C2)C(=O)Nc1ccc(Cl)cc1Cl. The van der Waals surface area contributed by atoms with Crippen molar-refractivity contribution in [3.8, 4) is 0 Å². The second kappa shape index (κ2) is 12.1. The molecule has 5 nitrogen and oxygen atoms in total. The zero-order valence-electron chi connectivity index (χ0n) is 23.8. The highest BCUT2D eigenvalue weighted by atomic mass is 35.5. The first-order valence-corrected chi connectivity index (χ1v) is 14.9. The molecule has 216 valence electrons. The summed E-state index contributed by atoms with van der Waals surface area (Å²) in [5.41, 5.74) is 5.13. The van der Waals surface area contributed by atoms with Crippen molar-refractivity contribution in [2.75, 3.05) is 5.32 Å². The van der Waals surface area contributed by atoms with E-state index in [1.807, 2.05) is 48.5 Å². The second-order valence-corrected chi connectivity index (χ2v) is 13.0. The largest absolute Gasteiger partial charge is 0.449 e. The van der Waals surface area contributed by atoms with Gasteiger partial charge in [0.05, 0.1) is 27.5 Å². The van der Waals surface area contributed by atoms with Gasteiger partial charge in [-0.15, -0.1) is 0 Å². The maximum absolute atomic E-state index is 14.0. The number of ether oxygens (including phenoxy) is 1. The normalized spacial score (nSPS) is 16.6. The zero-order valence-corrected chi connectivity index (χ0v) is 26.1. The van der Waals surface area contributed by atoms with Gasteiger partial charge in [0.2, 0.25) is 0 Å². The van der Waals surface area contributed by atoms with E-state index in [-0.39, 0.29) is 16.4 Å². The molecule has 1 aliphatic rings. The number of nitrogens with zero attached hydrogens (tertiary/aromatic N) is 1. The lowest BCUT2D eigenvalue weighted by atomic mass is 9.69. The van der Waals surface area contributed by atoms with E-state index in [1.54, 1.807) is 12.1 Å². The van der Waals surface area contributed by atoms with Gasteiger partial charge in [-0.1, -0.05) is 85.9 Å². The van der Waals surface area contributed by atoms with Crippen LogP contribution in [0, 0.1) is 11.3 Å². The molecule has 3 aromatic carbocycles. The number of pyridine rings is 1. The summed E-state index contributed by atoms with van der Waals surface area (Å²) < 4.78 is 5.81. The van der Waals surface area contributed by atoms with Gasteiger partial charge in [-0.25, -0.2) is 9.78 Å². The van der Waals surface area contributed by atoms with Crippen LogP contribution < -0.4 is 5.32 Å². The van der Waals surface area contributed by atoms with Crippen LogP contribution in [0.1, 0.15) is 61.3 Å². The standard InChI is InChI=1S/C34H31Cl3N2O3/c1-19(32(40)39-29-14-13-24(36)18-27(29)37)42-33(41)30-25-7-5-6-8-28(25)38-31-21(15-20-9-11-23(35)12-10-20)16-22(17-26(30)31)34(2,3)4/h5-15,18-19,22H,16-17H2,1-4H3,(H,39,40)/b21-15-/t19-,22+/m1/s1. The van der Waals surface area contributed by atoms with Crippen molar-refractivity contribution in [1.29, 1.82) is 0 Å². The van der Waals surface area contributed by atoms with Crippen molar-refractivity contribution in [2.45, 2.75) is 46.6 Å². The van der Waals surface area contributed by atoms with E-state index in [9.17, 15) is 9.59 Å². The number of allylic oxidation sites excluding steroid dienone is 1. The van der Waals surface area contributed by atoms with Gasteiger partial charge < -0.3 is 10.1 Å². The van der Waals surface area contributed by atoms with Crippen molar-refractivity contribution in [3.05, 3.63) is 104 Å². The van der Waals surface area contributed by atoms with Crippen LogP contribution in [0.15, 0.2) is 66.7 Å². The number of hydrogen-bond donors (Lipinski definition) is 1. The fraction of sp³-hybridized carbons (Fsp3) is 0.265. The van der Waals surface area contributed by atoms with E-state index >= 15 is 0 Å². The Labute approximate surface area is 260 Å². The molecule has 0 spiro atoms. The molecule has 42 heavy (non-hydrogen) atoms. The number of halogens is 3. The molecule has 1 aromatic heterocycles. The minimum absolute atomic E-state index is 0.0331. The molecule has 0 radical (unpaired) electrons. The number of esters is 1. The number of carbonyl (C=O) groups is 2. The molecule has 0 bridgehead atoms. The Kier molecular flexibility index (Phi) is 8.66. The third-order valence-electron chi connectivity index (χ3n) is 7.70. The van der Waals surface area contributed by atoms with Crippen LogP contribution >= 0.6 is 34.8 Å². The number of hydrogen-bond acceptors (Lipinski definition) is 4. The highest BCUT2D eigenvalue weighted by molar-refractivity contribution is 6.36. The van der Waals surface area contributed by atoms with E-state index in [4.69, 9.17) is 44.5 Å².